The first-order valence-electron chi connectivity index (χ1n) is 50.7. The third-order valence-electron chi connectivity index (χ3n) is 31.1. The minimum atomic E-state index is -2.86. The summed E-state index contributed by atoms with van der Waals surface area (Å²) in [4.78, 5) is 146. The Kier molecular flexibility index (Phi) is 44.2. The first kappa shape index (κ1) is 113. The number of hydrogen-bond donors (Lipinski definition) is 3. The molecule has 8 heterocycles. The lowest BCUT2D eigenvalue weighted by atomic mass is 9.77. The van der Waals surface area contributed by atoms with E-state index in [2.05, 4.69) is 31.1 Å². The minimum Gasteiger partial charge on any atom is -0.460 e. The normalized spacial score (nSPS) is 38.0. The minimum absolute atomic E-state index is 0.0124. The van der Waals surface area contributed by atoms with E-state index in [0.29, 0.717) is 108 Å². The predicted molar refractivity (Wildman–Crippen MR) is 515 cm³/mol. The molecule has 0 radical (unpaired) electrons. The number of carbonyl (C=O) groups excluding carboxylic acids is 10. The fourth-order valence-electron chi connectivity index (χ4n) is 22.0. The molecule has 4 bridgehead atoms. The molecule has 33 nitrogen and oxygen atoms in total. The number of ether oxygens (including phenoxy) is 10. The van der Waals surface area contributed by atoms with Crippen LogP contribution >= 0.6 is 0 Å². The molecule has 2 unspecified atom stereocenters. The number of ketones is 6. The third-order valence-corrected chi connectivity index (χ3v) is 31.1. The summed E-state index contributed by atoms with van der Waals surface area (Å²) in [5, 5.41) is 58.8. The van der Waals surface area contributed by atoms with E-state index in [4.69, 9.17) is 47.4 Å². The SMILES string of the molecule is CO[C@H]1C[C@@H]2CC[C@@H](C)C(=O)C(O)(O2)C(=O)N2CCCC[C@H]2C(=O)O[C@H]([C@H](C)C[C@@H]2CC[C@H](n3cnnn3)[C@H](OC)C2)CC(=O)[C@H](C)/C=C(\C)[C@@H](O)[C@@H](OC)C(=O)[C@H](C)C[C@H](C)/C=C/C=C/C=C1C.CO[C@H]1C[C@@H]2CC[C@@H](C)[C@@](C)(O2)C(=O)C(=O)N2CCCC[C@H]2C(=O)O[C@H]([C@H](C)C[C@@H]2CC[C@H](n3cnnn3)[C@H](OC)C2)CC(=O)[C@H](C)CC(C)[C@@H](O)[C@@H](OC)C(=O)[C@H](C)C[C@H](C)/C=C/C=CC=C1C. The number of fused-ring (bicyclic) bond motifs is 6. The van der Waals surface area contributed by atoms with Gasteiger partial charge in [-0.3, -0.25) is 38.4 Å². The van der Waals surface area contributed by atoms with Crippen molar-refractivity contribution in [1.82, 2.24) is 50.2 Å². The average Bonchev–Trinajstić information content (AvgIpc) is 1.49. The number of cyclic esters (lactones) is 2. The Balaban J connectivity index is 0.000000309. The molecule has 6 aliphatic heterocycles. The Morgan fingerprint density at radius 3 is 1.43 bits per heavy atom. The summed E-state index contributed by atoms with van der Waals surface area (Å²) in [7, 11) is 9.35. The molecule has 2 saturated carbocycles. The van der Waals surface area contributed by atoms with Gasteiger partial charge in [-0.1, -0.05) is 143 Å². The topological polar surface area (TPSA) is 417 Å². The number of tetrazole rings is 2. The highest BCUT2D eigenvalue weighted by molar-refractivity contribution is 6.39. The molecule has 2 aliphatic carbocycles. The van der Waals surface area contributed by atoms with Crippen molar-refractivity contribution < 1.29 is 111 Å². The van der Waals surface area contributed by atoms with Crippen molar-refractivity contribution in [3.8, 4) is 0 Å². The molecular weight excluding hydrogens is 1770 g/mol. The van der Waals surface area contributed by atoms with Crippen molar-refractivity contribution >= 4 is 58.5 Å². The van der Waals surface area contributed by atoms with Gasteiger partial charge in [0.05, 0.1) is 54.8 Å². The number of esters is 2. The number of carbonyl (C=O) groups is 10. The molecule has 8 aliphatic rings. The van der Waals surface area contributed by atoms with Crippen LogP contribution in [0.25, 0.3) is 0 Å². The summed E-state index contributed by atoms with van der Waals surface area (Å²) in [5.74, 6) is -12.2. The highest BCUT2D eigenvalue weighted by Gasteiger charge is 2.56. The number of methoxy groups -OCH3 is 6. The molecule has 138 heavy (non-hydrogen) atoms. The van der Waals surface area contributed by atoms with Gasteiger partial charge in [-0.2, -0.15) is 0 Å². The van der Waals surface area contributed by atoms with Crippen LogP contribution in [0, 0.1) is 76.9 Å². The fourth-order valence-corrected chi connectivity index (χ4v) is 22.0. The summed E-state index contributed by atoms with van der Waals surface area (Å²) in [5.41, 5.74) is 0.781. The molecule has 2 aromatic heterocycles. The predicted octanol–water partition coefficient (Wildman–Crippen LogP) is 13.2. The number of hydrogen-bond acceptors (Lipinski definition) is 29. The van der Waals surface area contributed by atoms with Gasteiger partial charge in [-0.15, -0.1) is 10.2 Å². The van der Waals surface area contributed by atoms with Gasteiger partial charge < -0.3 is 72.5 Å². The van der Waals surface area contributed by atoms with E-state index in [1.165, 1.54) is 24.0 Å². The standard InChI is InChI=1S/C53H83N5O11.C52H79N5O12/c1-32-17-13-12-14-18-33(2)44(65-9)29-40-22-20-38(7)53(8,69-40)50(62)51(63)57-24-16-15-19-42(57)52(64)68-45(35(4)27-39-21-23-41(46(28-39)66-10)58-31-54-55-56-58)30-43(59)34(3)26-37(6)48(61)49(67-11)47(60)36(5)25-32;1-31-16-12-11-13-17-32(2)43(65-8)28-39-21-19-33(3)49(61)52(64,69-39)51(63)56-23-15-14-18-41(56)50(62)68-44(35(5)26-38-20-22-40(45(27-38)66-9)57-30-53-54-55-57)29-42(58)34(4)25-37(7)47(60)48(67-10)46(59)36(6)24-31/h12-14,17-18,31-32,34-42,44-46,48-49,61H,15-16,19-30H2,1-11H3;11-13,16-17,25,30-31,33-36,38-41,43-45,47-48,60,64H,14-15,18-24,26-29H2,1-10H3/b14-12?,17-13+,33-18?;13-11+,16-12+,32-17?,37-25+/t32-,34-,35-,36-,37?,38-,39+,40+,41+,42+,44+,45+,46-,48-,49+,53-;31-,33-,34-,35-,36-,38+,39+,40+,41+,43+,44+,45-,47-,48+,52?/m11/s1. The van der Waals surface area contributed by atoms with E-state index in [-0.39, 0.29) is 146 Å². The highest BCUT2D eigenvalue weighted by atomic mass is 16.6. The Labute approximate surface area is 817 Å². The van der Waals surface area contributed by atoms with Gasteiger partial charge >= 0.3 is 17.7 Å². The fraction of sp³-hybridized carbons (Fsp3) is 0.752. The Morgan fingerprint density at radius 2 is 0.957 bits per heavy atom. The maximum absolute atomic E-state index is 14.7. The second kappa shape index (κ2) is 53.8. The summed E-state index contributed by atoms with van der Waals surface area (Å²) in [6.45, 7) is 28.1. The maximum Gasteiger partial charge on any atom is 0.329 e. The Hall–Kier alpha value is -8.22. The summed E-state index contributed by atoms with van der Waals surface area (Å²) in [6, 6.07) is -2.26. The number of nitrogens with zero attached hydrogens (tertiary/aromatic N) is 10. The van der Waals surface area contributed by atoms with E-state index in [0.717, 1.165) is 36.8 Å². The lowest BCUT2D eigenvalue weighted by Crippen LogP contribution is -2.62. The number of aromatic nitrogens is 8. The molecule has 3 N–H and O–H groups in total. The van der Waals surface area contributed by atoms with Crippen LogP contribution in [0.1, 0.15) is 276 Å². The summed E-state index contributed by atoms with van der Waals surface area (Å²) < 4.78 is 64.0. The van der Waals surface area contributed by atoms with Crippen LogP contribution in [0.15, 0.2) is 96.2 Å². The molecule has 2 amide bonds. The van der Waals surface area contributed by atoms with Crippen LogP contribution in [0.4, 0.5) is 0 Å². The van der Waals surface area contributed by atoms with E-state index in [1.54, 1.807) is 91.2 Å². The van der Waals surface area contributed by atoms with Gasteiger partial charge in [-0.25, -0.2) is 19.0 Å². The van der Waals surface area contributed by atoms with Crippen LogP contribution < -0.4 is 0 Å². The molecule has 6 fully saturated rings. The summed E-state index contributed by atoms with van der Waals surface area (Å²) in [6.07, 6.45) is 28.1. The zero-order valence-corrected chi connectivity index (χ0v) is 85.8. The van der Waals surface area contributed by atoms with Crippen LogP contribution in [-0.4, -0.2) is 276 Å². The number of Topliss-reactive ketones (excluding diaryl/α,β-unsaturated/α-hetero) is 6. The quantitative estimate of drug-likeness (QED) is 0.0684. The largest absolute Gasteiger partial charge is 0.460 e. The number of rotatable bonds is 14. The van der Waals surface area contributed by atoms with Crippen LogP contribution in [0.2, 0.25) is 0 Å². The number of piperidine rings is 2. The number of amides is 2. The van der Waals surface area contributed by atoms with Crippen molar-refractivity contribution in [1.29, 1.82) is 0 Å². The molecule has 33 heteroatoms. The van der Waals surface area contributed by atoms with E-state index in [1.807, 2.05) is 130 Å². The monoisotopic (exact) mass is 1930 g/mol. The number of allylic oxidation sites excluding steroid dienone is 11. The molecule has 2 aromatic rings. The first-order chi connectivity index (χ1) is 65.6. The van der Waals surface area contributed by atoms with Gasteiger partial charge in [0.2, 0.25) is 5.78 Å². The van der Waals surface area contributed by atoms with Crippen molar-refractivity contribution in [2.75, 3.05) is 55.7 Å². The number of aliphatic hydroxyl groups is 3. The van der Waals surface area contributed by atoms with E-state index in [9.17, 15) is 63.3 Å². The zero-order valence-electron chi connectivity index (χ0n) is 85.8. The lowest BCUT2D eigenvalue weighted by Gasteiger charge is -2.44. The summed E-state index contributed by atoms with van der Waals surface area (Å²) >= 11 is 0. The number of aliphatic hydroxyl groups excluding tert-OH is 2. The lowest BCUT2D eigenvalue weighted by molar-refractivity contribution is -0.231. The molecule has 0 aromatic carbocycles. The third kappa shape index (κ3) is 30.0. The van der Waals surface area contributed by atoms with Crippen molar-refractivity contribution in [3.63, 3.8) is 0 Å². The maximum atomic E-state index is 14.7. The van der Waals surface area contributed by atoms with Gasteiger partial charge in [0.25, 0.3) is 17.6 Å². The molecule has 770 valence electrons. The highest BCUT2D eigenvalue weighted by Crippen LogP contribution is 2.44. The van der Waals surface area contributed by atoms with Crippen molar-refractivity contribution in [3.05, 3.63) is 96.2 Å². The van der Waals surface area contributed by atoms with E-state index >= 15 is 0 Å². The van der Waals surface area contributed by atoms with Gasteiger partial charge in [-0.05, 0) is 247 Å². The van der Waals surface area contributed by atoms with E-state index < -0.39 is 143 Å². The molecular formula is C105H162N10O23. The second-order valence-corrected chi connectivity index (χ2v) is 41.6. The Bertz CT molecular complexity index is 4530. The van der Waals surface area contributed by atoms with Crippen LogP contribution in [0.3, 0.4) is 0 Å². The zero-order chi connectivity index (χ0) is 101. The van der Waals surface area contributed by atoms with Gasteiger partial charge in [0, 0.05) is 111 Å². The van der Waals surface area contributed by atoms with Crippen molar-refractivity contribution in [2.24, 2.45) is 76.9 Å². The Morgan fingerprint density at radius 1 is 0.486 bits per heavy atom. The molecule has 0 spiro atoms. The average molecular weight is 1930 g/mol. The van der Waals surface area contributed by atoms with Crippen molar-refractivity contribution in [2.45, 2.75) is 373 Å². The van der Waals surface area contributed by atoms with Gasteiger partial charge in [0.1, 0.15) is 72.4 Å². The molecule has 10 rings (SSSR count). The van der Waals surface area contributed by atoms with Crippen LogP contribution in [-0.2, 0) is 95.3 Å². The first-order valence-corrected chi connectivity index (χ1v) is 50.7. The smallest absolute Gasteiger partial charge is 0.329 e. The van der Waals surface area contributed by atoms with Crippen LogP contribution in [0.5, 0.6) is 0 Å². The molecule has 31 atom stereocenters. The molecule has 4 saturated heterocycles. The second-order valence-electron chi connectivity index (χ2n) is 41.6. The van der Waals surface area contributed by atoms with Gasteiger partial charge in [0.15, 0.2) is 11.6 Å².